The van der Waals surface area contributed by atoms with Gasteiger partial charge < -0.3 is 14.2 Å². The van der Waals surface area contributed by atoms with E-state index < -0.39 is 11.9 Å². The Bertz CT molecular complexity index is 475. The fourth-order valence-corrected chi connectivity index (χ4v) is 2.20. The highest BCUT2D eigenvalue weighted by molar-refractivity contribution is 7.08. The molecule has 19 heavy (non-hydrogen) atoms. The number of rotatable bonds is 6. The zero-order valence-electron chi connectivity index (χ0n) is 11.1. The van der Waals surface area contributed by atoms with E-state index in [4.69, 9.17) is 9.47 Å². The lowest BCUT2D eigenvalue weighted by Crippen LogP contribution is -2.10. The Labute approximate surface area is 115 Å². The third-order valence-electron chi connectivity index (χ3n) is 2.25. The van der Waals surface area contributed by atoms with Gasteiger partial charge in [0.05, 0.1) is 32.7 Å². The molecule has 0 aliphatic carbocycles. The molecule has 0 aliphatic heterocycles. The molecule has 5 nitrogen and oxygen atoms in total. The van der Waals surface area contributed by atoms with Gasteiger partial charge in [0.25, 0.3) is 0 Å². The van der Waals surface area contributed by atoms with Gasteiger partial charge in [-0.05, 0) is 11.8 Å². The van der Waals surface area contributed by atoms with Gasteiger partial charge in [-0.2, -0.15) is 11.3 Å². The van der Waals surface area contributed by atoms with E-state index in [9.17, 15) is 9.59 Å². The monoisotopic (exact) mass is 284 g/mol. The quantitative estimate of drug-likeness (QED) is 0.456. The van der Waals surface area contributed by atoms with Crippen molar-refractivity contribution in [3.8, 4) is 0 Å². The molecule has 0 spiro atoms. The first kappa shape index (κ1) is 15.2. The van der Waals surface area contributed by atoms with Crippen molar-refractivity contribution < 1.29 is 23.8 Å². The fourth-order valence-electron chi connectivity index (χ4n) is 1.39. The topological polar surface area (TPSA) is 61.8 Å². The van der Waals surface area contributed by atoms with Crippen LogP contribution in [0, 0.1) is 0 Å². The molecule has 0 amide bonds. The smallest absolute Gasteiger partial charge is 0.341 e. The summed E-state index contributed by atoms with van der Waals surface area (Å²) in [6, 6.07) is 0. The highest BCUT2D eigenvalue weighted by atomic mass is 32.1. The molecular weight excluding hydrogens is 268 g/mol. The molecule has 0 saturated carbocycles. The number of ether oxygens (including phenoxy) is 3. The molecule has 0 aliphatic rings. The number of esters is 2. The standard InChI is InChI=1S/C13H16O5S/c1-4-5-18-13(15)11-8-19-7-10(11)9(6-16-2)12(14)17-3/h6-8H,4-5H2,1-3H3/b9-6+. The summed E-state index contributed by atoms with van der Waals surface area (Å²) >= 11 is 1.31. The molecule has 1 rings (SSSR count). The summed E-state index contributed by atoms with van der Waals surface area (Å²) in [6.07, 6.45) is 1.99. The first-order valence-electron chi connectivity index (χ1n) is 5.70. The lowest BCUT2D eigenvalue weighted by molar-refractivity contribution is -0.133. The van der Waals surface area contributed by atoms with Crippen LogP contribution in [0.1, 0.15) is 29.3 Å². The molecule has 1 aromatic rings. The van der Waals surface area contributed by atoms with Crippen LogP contribution in [0.3, 0.4) is 0 Å². The van der Waals surface area contributed by atoms with Crippen molar-refractivity contribution >= 4 is 28.8 Å². The molecule has 0 N–H and O–H groups in total. The van der Waals surface area contributed by atoms with Crippen molar-refractivity contribution in [1.29, 1.82) is 0 Å². The van der Waals surface area contributed by atoms with Gasteiger partial charge in [-0.1, -0.05) is 6.92 Å². The van der Waals surface area contributed by atoms with Crippen molar-refractivity contribution in [2.45, 2.75) is 13.3 Å². The van der Waals surface area contributed by atoms with Crippen LogP contribution >= 0.6 is 11.3 Å². The highest BCUT2D eigenvalue weighted by Gasteiger charge is 2.22. The molecule has 0 aromatic carbocycles. The summed E-state index contributed by atoms with van der Waals surface area (Å²) < 4.78 is 14.6. The first-order valence-corrected chi connectivity index (χ1v) is 6.64. The van der Waals surface area contributed by atoms with Crippen LogP contribution in [0.5, 0.6) is 0 Å². The van der Waals surface area contributed by atoms with E-state index in [2.05, 4.69) is 4.74 Å². The maximum absolute atomic E-state index is 11.9. The van der Waals surface area contributed by atoms with Crippen LogP contribution in [-0.4, -0.2) is 32.8 Å². The number of thiophene rings is 1. The normalized spacial score (nSPS) is 11.0. The molecule has 0 radical (unpaired) electrons. The predicted octanol–water partition coefficient (Wildman–Crippen LogP) is 2.48. The lowest BCUT2D eigenvalue weighted by Gasteiger charge is -2.07. The van der Waals surface area contributed by atoms with Crippen molar-refractivity contribution in [3.05, 3.63) is 28.1 Å². The summed E-state index contributed by atoms with van der Waals surface area (Å²) in [7, 11) is 2.69. The maximum Gasteiger partial charge on any atom is 0.341 e. The van der Waals surface area contributed by atoms with Gasteiger partial charge in [0.15, 0.2) is 0 Å². The van der Waals surface area contributed by atoms with Gasteiger partial charge in [0, 0.05) is 10.9 Å². The average Bonchev–Trinajstić information content (AvgIpc) is 2.90. The largest absolute Gasteiger partial charge is 0.503 e. The van der Waals surface area contributed by atoms with Crippen LogP contribution < -0.4 is 0 Å². The van der Waals surface area contributed by atoms with Crippen molar-refractivity contribution in [3.63, 3.8) is 0 Å². The van der Waals surface area contributed by atoms with E-state index in [1.54, 1.807) is 10.8 Å². The third kappa shape index (κ3) is 3.82. The van der Waals surface area contributed by atoms with Crippen LogP contribution in [-0.2, 0) is 19.0 Å². The molecule has 0 atom stereocenters. The Morgan fingerprint density at radius 3 is 2.53 bits per heavy atom. The second kappa shape index (κ2) is 7.58. The summed E-state index contributed by atoms with van der Waals surface area (Å²) in [6.45, 7) is 2.25. The molecule has 1 heterocycles. The first-order chi connectivity index (χ1) is 9.15. The Morgan fingerprint density at radius 1 is 1.26 bits per heavy atom. The number of hydrogen-bond acceptors (Lipinski definition) is 6. The number of carbonyl (C=O) groups is 2. The SMILES string of the molecule is CCCOC(=O)c1cscc1/C(=C\OC)C(=O)OC. The average molecular weight is 284 g/mol. The Kier molecular flexibility index (Phi) is 6.08. The minimum atomic E-state index is -0.565. The zero-order chi connectivity index (χ0) is 14.3. The molecule has 0 bridgehead atoms. The molecule has 6 heteroatoms. The second-order valence-corrected chi connectivity index (χ2v) is 4.34. The van der Waals surface area contributed by atoms with E-state index in [1.165, 1.54) is 31.8 Å². The van der Waals surface area contributed by atoms with Crippen LogP contribution in [0.2, 0.25) is 0 Å². The van der Waals surface area contributed by atoms with E-state index in [1.807, 2.05) is 6.92 Å². The molecule has 0 saturated heterocycles. The minimum Gasteiger partial charge on any atom is -0.503 e. The number of hydrogen-bond donors (Lipinski definition) is 0. The van der Waals surface area contributed by atoms with E-state index in [0.717, 1.165) is 6.42 Å². The molecule has 104 valence electrons. The van der Waals surface area contributed by atoms with Crippen LogP contribution in [0.25, 0.3) is 5.57 Å². The minimum absolute atomic E-state index is 0.190. The van der Waals surface area contributed by atoms with Gasteiger partial charge in [-0.3, -0.25) is 0 Å². The Hall–Kier alpha value is -1.82. The van der Waals surface area contributed by atoms with Crippen molar-refractivity contribution in [2.24, 2.45) is 0 Å². The fraction of sp³-hybridized carbons (Fsp3) is 0.385. The van der Waals surface area contributed by atoms with E-state index >= 15 is 0 Å². The summed E-state index contributed by atoms with van der Waals surface area (Å²) in [5.41, 5.74) is 0.988. The van der Waals surface area contributed by atoms with Gasteiger partial charge in [0.1, 0.15) is 5.57 Å². The molecule has 0 unspecified atom stereocenters. The highest BCUT2D eigenvalue weighted by Crippen LogP contribution is 2.25. The summed E-state index contributed by atoms with van der Waals surface area (Å²) in [5.74, 6) is -1.02. The van der Waals surface area contributed by atoms with E-state index in [-0.39, 0.29) is 5.57 Å². The second-order valence-electron chi connectivity index (χ2n) is 3.59. The molecular formula is C13H16O5S. The van der Waals surface area contributed by atoms with Crippen LogP contribution in [0.4, 0.5) is 0 Å². The van der Waals surface area contributed by atoms with Crippen molar-refractivity contribution in [1.82, 2.24) is 0 Å². The van der Waals surface area contributed by atoms with Gasteiger partial charge in [-0.15, -0.1) is 0 Å². The lowest BCUT2D eigenvalue weighted by atomic mass is 10.1. The van der Waals surface area contributed by atoms with Gasteiger partial charge in [0.2, 0.25) is 0 Å². The number of carbonyl (C=O) groups excluding carboxylic acids is 2. The zero-order valence-corrected chi connectivity index (χ0v) is 11.9. The molecule has 0 fully saturated rings. The Morgan fingerprint density at radius 2 is 1.95 bits per heavy atom. The van der Waals surface area contributed by atoms with Gasteiger partial charge >= 0.3 is 11.9 Å². The predicted molar refractivity (Wildman–Crippen MR) is 71.9 cm³/mol. The molecule has 1 aromatic heterocycles. The summed E-state index contributed by atoms with van der Waals surface area (Å²) in [4.78, 5) is 23.5. The van der Waals surface area contributed by atoms with Gasteiger partial charge in [-0.25, -0.2) is 9.59 Å². The third-order valence-corrected chi connectivity index (χ3v) is 2.99. The number of methoxy groups -OCH3 is 2. The van der Waals surface area contributed by atoms with Crippen molar-refractivity contribution in [2.75, 3.05) is 20.8 Å². The van der Waals surface area contributed by atoms with E-state index in [0.29, 0.717) is 17.7 Å². The van der Waals surface area contributed by atoms with Crippen LogP contribution in [0.15, 0.2) is 17.0 Å². The maximum atomic E-state index is 11.9. The summed E-state index contributed by atoms with van der Waals surface area (Å²) in [5, 5.41) is 3.32. The Balaban J connectivity index is 3.06.